The van der Waals surface area contributed by atoms with E-state index in [1.807, 2.05) is 6.92 Å². The molecule has 1 fully saturated rings. The van der Waals surface area contributed by atoms with E-state index in [2.05, 4.69) is 12.2 Å². The van der Waals surface area contributed by atoms with Crippen LogP contribution < -0.4 is 11.1 Å². The molecule has 0 heterocycles. The zero-order valence-corrected chi connectivity index (χ0v) is 11.1. The van der Waals surface area contributed by atoms with Crippen LogP contribution in [0, 0.1) is 5.92 Å². The molecule has 0 aliphatic heterocycles. The van der Waals surface area contributed by atoms with Crippen molar-refractivity contribution in [3.05, 3.63) is 0 Å². The van der Waals surface area contributed by atoms with Gasteiger partial charge in [-0.3, -0.25) is 4.79 Å². The molecule has 0 spiro atoms. The Morgan fingerprint density at radius 1 is 1.47 bits per heavy atom. The highest BCUT2D eigenvalue weighted by Gasteiger charge is 2.34. The summed E-state index contributed by atoms with van der Waals surface area (Å²) in [6.07, 6.45) is 5.21. The third kappa shape index (κ3) is 4.64. The van der Waals surface area contributed by atoms with Gasteiger partial charge in [0.05, 0.1) is 5.54 Å². The van der Waals surface area contributed by atoms with Gasteiger partial charge in [0.2, 0.25) is 5.91 Å². The molecule has 0 radical (unpaired) electrons. The SMILES string of the molecule is CCCOCC(=O)NC1(CN)CCC(C)CC1. The zero-order valence-electron chi connectivity index (χ0n) is 11.1. The molecule has 1 amide bonds. The Kier molecular flexibility index (Phi) is 5.92. The molecular weight excluding hydrogens is 216 g/mol. The Labute approximate surface area is 104 Å². The first kappa shape index (κ1) is 14.5. The Bertz CT molecular complexity index is 236. The number of hydrogen-bond donors (Lipinski definition) is 2. The Hall–Kier alpha value is -0.610. The van der Waals surface area contributed by atoms with Crippen molar-refractivity contribution < 1.29 is 9.53 Å². The molecule has 3 N–H and O–H groups in total. The second-order valence-corrected chi connectivity index (χ2v) is 5.27. The van der Waals surface area contributed by atoms with Gasteiger partial charge in [0.15, 0.2) is 0 Å². The molecule has 0 bridgehead atoms. The predicted octanol–water partition coefficient (Wildman–Crippen LogP) is 1.44. The van der Waals surface area contributed by atoms with Gasteiger partial charge in [0.25, 0.3) is 0 Å². The topological polar surface area (TPSA) is 64.3 Å². The number of carbonyl (C=O) groups excluding carboxylic acids is 1. The maximum absolute atomic E-state index is 11.7. The van der Waals surface area contributed by atoms with Crippen molar-refractivity contribution in [1.29, 1.82) is 0 Å². The van der Waals surface area contributed by atoms with Crippen LogP contribution in [0.3, 0.4) is 0 Å². The molecule has 1 aliphatic rings. The number of rotatable bonds is 6. The monoisotopic (exact) mass is 242 g/mol. The zero-order chi connectivity index (χ0) is 12.7. The molecule has 0 atom stereocenters. The molecule has 1 rings (SSSR count). The standard InChI is InChI=1S/C13H26N2O2/c1-3-8-17-9-12(16)15-13(10-14)6-4-11(2)5-7-13/h11H,3-10,14H2,1-2H3,(H,15,16). The van der Waals surface area contributed by atoms with Crippen LogP contribution in [-0.4, -0.2) is 31.2 Å². The fourth-order valence-corrected chi connectivity index (χ4v) is 2.34. The summed E-state index contributed by atoms with van der Waals surface area (Å²) >= 11 is 0. The van der Waals surface area contributed by atoms with E-state index in [9.17, 15) is 4.79 Å². The maximum Gasteiger partial charge on any atom is 0.246 e. The summed E-state index contributed by atoms with van der Waals surface area (Å²) in [5.41, 5.74) is 5.65. The first-order valence-corrected chi connectivity index (χ1v) is 6.70. The summed E-state index contributed by atoms with van der Waals surface area (Å²) in [4.78, 5) is 11.7. The van der Waals surface area contributed by atoms with Crippen molar-refractivity contribution in [2.75, 3.05) is 19.8 Å². The van der Waals surface area contributed by atoms with Gasteiger partial charge in [0.1, 0.15) is 6.61 Å². The number of carbonyl (C=O) groups is 1. The largest absolute Gasteiger partial charge is 0.372 e. The fraction of sp³-hybridized carbons (Fsp3) is 0.923. The van der Waals surface area contributed by atoms with Gasteiger partial charge < -0.3 is 15.8 Å². The molecule has 1 saturated carbocycles. The maximum atomic E-state index is 11.7. The van der Waals surface area contributed by atoms with Crippen LogP contribution in [0.1, 0.15) is 46.0 Å². The molecule has 0 aromatic heterocycles. The van der Waals surface area contributed by atoms with Gasteiger partial charge in [-0.25, -0.2) is 0 Å². The molecule has 0 saturated heterocycles. The molecule has 4 nitrogen and oxygen atoms in total. The van der Waals surface area contributed by atoms with Crippen molar-refractivity contribution in [2.45, 2.75) is 51.5 Å². The van der Waals surface area contributed by atoms with Crippen LogP contribution >= 0.6 is 0 Å². The van der Waals surface area contributed by atoms with Gasteiger partial charge in [-0.1, -0.05) is 13.8 Å². The summed E-state index contributed by atoms with van der Waals surface area (Å²) < 4.78 is 5.24. The van der Waals surface area contributed by atoms with Gasteiger partial charge in [-0.05, 0) is 38.0 Å². The fourth-order valence-electron chi connectivity index (χ4n) is 2.34. The highest BCUT2D eigenvalue weighted by molar-refractivity contribution is 5.78. The van der Waals surface area contributed by atoms with Gasteiger partial charge in [-0.15, -0.1) is 0 Å². The second kappa shape index (κ2) is 6.97. The van der Waals surface area contributed by atoms with Crippen molar-refractivity contribution in [3.63, 3.8) is 0 Å². The number of nitrogens with two attached hydrogens (primary N) is 1. The first-order valence-electron chi connectivity index (χ1n) is 6.70. The van der Waals surface area contributed by atoms with E-state index < -0.39 is 0 Å². The molecule has 1 aliphatic carbocycles. The molecule has 4 heteroatoms. The van der Waals surface area contributed by atoms with Crippen LogP contribution in [0.15, 0.2) is 0 Å². The third-order valence-electron chi connectivity index (χ3n) is 3.61. The van der Waals surface area contributed by atoms with Crippen molar-refractivity contribution in [1.82, 2.24) is 5.32 Å². The van der Waals surface area contributed by atoms with E-state index in [0.29, 0.717) is 13.2 Å². The minimum Gasteiger partial charge on any atom is -0.372 e. The van der Waals surface area contributed by atoms with Gasteiger partial charge in [0, 0.05) is 13.2 Å². The predicted molar refractivity (Wildman–Crippen MR) is 68.7 cm³/mol. The minimum atomic E-state index is -0.181. The highest BCUT2D eigenvalue weighted by Crippen LogP contribution is 2.31. The summed E-state index contributed by atoms with van der Waals surface area (Å²) in [5.74, 6) is 0.723. The normalized spacial score (nSPS) is 29.0. The Morgan fingerprint density at radius 2 is 2.12 bits per heavy atom. The van der Waals surface area contributed by atoms with Crippen molar-refractivity contribution in [3.8, 4) is 0 Å². The molecule has 0 aromatic rings. The highest BCUT2D eigenvalue weighted by atomic mass is 16.5. The number of hydrogen-bond acceptors (Lipinski definition) is 3. The second-order valence-electron chi connectivity index (χ2n) is 5.27. The number of ether oxygens (including phenoxy) is 1. The van der Waals surface area contributed by atoms with E-state index in [1.54, 1.807) is 0 Å². The lowest BCUT2D eigenvalue weighted by molar-refractivity contribution is -0.128. The first-order chi connectivity index (χ1) is 8.12. The van der Waals surface area contributed by atoms with Crippen LogP contribution in [0.25, 0.3) is 0 Å². The molecule has 0 unspecified atom stereocenters. The van der Waals surface area contributed by atoms with Gasteiger partial charge >= 0.3 is 0 Å². The summed E-state index contributed by atoms with van der Waals surface area (Å²) in [6, 6.07) is 0. The van der Waals surface area contributed by atoms with E-state index >= 15 is 0 Å². The van der Waals surface area contributed by atoms with E-state index in [-0.39, 0.29) is 18.1 Å². The average Bonchev–Trinajstić information content (AvgIpc) is 2.33. The number of nitrogens with one attached hydrogen (secondary N) is 1. The lowest BCUT2D eigenvalue weighted by Gasteiger charge is -2.39. The Balaban J connectivity index is 2.37. The molecule has 100 valence electrons. The average molecular weight is 242 g/mol. The summed E-state index contributed by atoms with van der Waals surface area (Å²) in [7, 11) is 0. The lowest BCUT2D eigenvalue weighted by atomic mass is 9.77. The van der Waals surface area contributed by atoms with Crippen LogP contribution in [0.2, 0.25) is 0 Å². The third-order valence-corrected chi connectivity index (χ3v) is 3.61. The molecular formula is C13H26N2O2. The summed E-state index contributed by atoms with van der Waals surface area (Å²) in [5, 5.41) is 3.07. The van der Waals surface area contributed by atoms with Crippen molar-refractivity contribution >= 4 is 5.91 Å². The van der Waals surface area contributed by atoms with E-state index in [1.165, 1.54) is 0 Å². The van der Waals surface area contributed by atoms with Gasteiger partial charge in [-0.2, -0.15) is 0 Å². The lowest BCUT2D eigenvalue weighted by Crippen LogP contribution is -2.56. The van der Waals surface area contributed by atoms with Crippen LogP contribution in [0.4, 0.5) is 0 Å². The Morgan fingerprint density at radius 3 is 2.65 bits per heavy atom. The van der Waals surface area contributed by atoms with E-state index in [4.69, 9.17) is 10.5 Å². The van der Waals surface area contributed by atoms with Crippen molar-refractivity contribution in [2.24, 2.45) is 11.7 Å². The number of amides is 1. The smallest absolute Gasteiger partial charge is 0.246 e. The van der Waals surface area contributed by atoms with Crippen LogP contribution in [0.5, 0.6) is 0 Å². The minimum absolute atomic E-state index is 0.0292. The molecule has 17 heavy (non-hydrogen) atoms. The quantitative estimate of drug-likeness (QED) is 0.693. The van der Waals surface area contributed by atoms with Crippen LogP contribution in [-0.2, 0) is 9.53 Å². The molecule has 0 aromatic carbocycles. The summed E-state index contributed by atoms with van der Waals surface area (Å²) in [6.45, 7) is 5.61. The van der Waals surface area contributed by atoms with E-state index in [0.717, 1.165) is 38.0 Å².